The zero-order chi connectivity index (χ0) is 17.9. The second-order valence-corrected chi connectivity index (χ2v) is 5.13. The highest BCUT2D eigenvalue weighted by Gasteiger charge is 2.30. The Bertz CT molecular complexity index is 794. The summed E-state index contributed by atoms with van der Waals surface area (Å²) in [7, 11) is 0. The molecule has 2 aromatic carbocycles. The Hall–Kier alpha value is -2.74. The van der Waals surface area contributed by atoms with Crippen molar-refractivity contribution >= 4 is 40.5 Å². The van der Waals surface area contributed by atoms with E-state index in [0.29, 0.717) is 5.69 Å². The summed E-state index contributed by atoms with van der Waals surface area (Å²) in [5, 5.41) is 4.54. The number of halogens is 4. The quantitative estimate of drug-likeness (QED) is 0.568. The summed E-state index contributed by atoms with van der Waals surface area (Å²) in [6.45, 7) is 0. The van der Waals surface area contributed by atoms with Crippen LogP contribution in [0.25, 0.3) is 0 Å². The Morgan fingerprint density at radius 3 is 2.08 bits per heavy atom. The van der Waals surface area contributed by atoms with Gasteiger partial charge in [0.2, 0.25) is 0 Å². The summed E-state index contributed by atoms with van der Waals surface area (Å²) in [6.07, 6.45) is -4.55. The first kappa shape index (κ1) is 17.6. The molecular weight excluding hydrogens is 347 g/mol. The number of hydrogen-bond donors (Lipinski definition) is 3. The molecule has 9 heteroatoms. The third kappa shape index (κ3) is 4.39. The highest BCUT2D eigenvalue weighted by molar-refractivity contribution is 6.43. The van der Waals surface area contributed by atoms with Gasteiger partial charge in [0.25, 0.3) is 0 Å². The van der Waals surface area contributed by atoms with E-state index < -0.39 is 23.6 Å². The lowest BCUT2D eigenvalue weighted by Crippen LogP contribution is -2.29. The molecule has 4 N–H and O–H groups in total. The summed E-state index contributed by atoms with van der Waals surface area (Å²) < 4.78 is 37.8. The topological polar surface area (TPSA) is 84.2 Å². The Kier molecular flexibility index (Phi) is 4.99. The highest BCUT2D eigenvalue weighted by atomic mass is 35.5. The Morgan fingerprint density at radius 1 is 0.958 bits per heavy atom. The number of carbonyl (C=O) groups is 2. The van der Waals surface area contributed by atoms with E-state index in [1.165, 1.54) is 24.3 Å². The zero-order valence-corrected chi connectivity index (χ0v) is 12.7. The maximum absolute atomic E-state index is 12.6. The fourth-order valence-electron chi connectivity index (χ4n) is 1.75. The maximum Gasteiger partial charge on any atom is 0.416 e. The molecule has 2 aromatic rings. The molecule has 24 heavy (non-hydrogen) atoms. The van der Waals surface area contributed by atoms with Gasteiger partial charge >= 0.3 is 18.0 Å². The first-order chi connectivity index (χ1) is 11.2. The summed E-state index contributed by atoms with van der Waals surface area (Å²) in [6, 6.07) is 8.14. The maximum atomic E-state index is 12.6. The summed E-state index contributed by atoms with van der Waals surface area (Å²) >= 11 is 5.78. The van der Waals surface area contributed by atoms with E-state index in [-0.39, 0.29) is 16.4 Å². The number of amides is 2. The molecule has 2 rings (SSSR count). The van der Waals surface area contributed by atoms with Gasteiger partial charge in [-0.25, -0.2) is 0 Å². The number of nitrogen functional groups attached to an aromatic ring is 1. The molecular formula is C15H11ClF3N3O2. The minimum absolute atomic E-state index is 0.152. The molecule has 0 atom stereocenters. The molecule has 0 heterocycles. The van der Waals surface area contributed by atoms with Gasteiger partial charge < -0.3 is 16.4 Å². The largest absolute Gasteiger partial charge is 0.416 e. The van der Waals surface area contributed by atoms with Crippen LogP contribution in [-0.4, -0.2) is 11.8 Å². The van der Waals surface area contributed by atoms with Crippen LogP contribution < -0.4 is 16.4 Å². The van der Waals surface area contributed by atoms with Crippen LogP contribution in [0.1, 0.15) is 5.56 Å². The van der Waals surface area contributed by atoms with Crippen molar-refractivity contribution in [3.63, 3.8) is 0 Å². The van der Waals surface area contributed by atoms with Gasteiger partial charge in [-0.15, -0.1) is 0 Å². The van der Waals surface area contributed by atoms with Crippen molar-refractivity contribution < 1.29 is 22.8 Å². The summed E-state index contributed by atoms with van der Waals surface area (Å²) in [5.74, 6) is -2.18. The lowest BCUT2D eigenvalue weighted by atomic mass is 10.2. The fraction of sp³-hybridized carbons (Fsp3) is 0.0667. The molecule has 0 aliphatic rings. The number of rotatable bonds is 2. The normalized spacial score (nSPS) is 11.0. The number of nitrogens with one attached hydrogen (secondary N) is 2. The molecule has 2 amide bonds. The number of carbonyl (C=O) groups excluding carboxylic acids is 2. The smallest absolute Gasteiger partial charge is 0.398 e. The number of benzene rings is 2. The lowest BCUT2D eigenvalue weighted by Gasteiger charge is -2.10. The van der Waals surface area contributed by atoms with Crippen molar-refractivity contribution in [3.8, 4) is 0 Å². The number of alkyl halides is 3. The summed E-state index contributed by atoms with van der Waals surface area (Å²) in [5.41, 5.74) is 4.94. The van der Waals surface area contributed by atoms with Gasteiger partial charge in [0.05, 0.1) is 16.3 Å². The minimum Gasteiger partial charge on any atom is -0.398 e. The van der Waals surface area contributed by atoms with Gasteiger partial charge in [0.1, 0.15) is 0 Å². The third-order valence-electron chi connectivity index (χ3n) is 2.91. The van der Waals surface area contributed by atoms with Gasteiger partial charge in [-0.2, -0.15) is 13.2 Å². The van der Waals surface area contributed by atoms with Gasteiger partial charge in [-0.05, 0) is 36.4 Å². The predicted octanol–water partition coefficient (Wildman–Crippen LogP) is 3.52. The van der Waals surface area contributed by atoms with Crippen molar-refractivity contribution in [2.45, 2.75) is 6.18 Å². The van der Waals surface area contributed by atoms with Crippen LogP contribution >= 0.6 is 11.6 Å². The first-order valence-electron chi connectivity index (χ1n) is 6.51. The van der Waals surface area contributed by atoms with Crippen LogP contribution in [0.2, 0.25) is 5.02 Å². The number of nitrogens with two attached hydrogens (primary N) is 1. The van der Waals surface area contributed by atoms with E-state index in [4.69, 9.17) is 17.3 Å². The second-order valence-electron chi connectivity index (χ2n) is 4.72. The van der Waals surface area contributed by atoms with Crippen molar-refractivity contribution in [2.24, 2.45) is 0 Å². The molecule has 0 spiro atoms. The van der Waals surface area contributed by atoms with E-state index >= 15 is 0 Å². The second kappa shape index (κ2) is 6.79. The predicted molar refractivity (Wildman–Crippen MR) is 84.6 cm³/mol. The Morgan fingerprint density at radius 2 is 1.54 bits per heavy atom. The average molecular weight is 358 g/mol. The molecule has 0 aromatic heterocycles. The van der Waals surface area contributed by atoms with Crippen LogP contribution in [-0.2, 0) is 15.8 Å². The van der Waals surface area contributed by atoms with Crippen molar-refractivity contribution in [1.29, 1.82) is 0 Å². The molecule has 0 saturated carbocycles. The van der Waals surface area contributed by atoms with Crippen LogP contribution in [0, 0.1) is 0 Å². The van der Waals surface area contributed by atoms with Gasteiger partial charge in [-0.1, -0.05) is 17.7 Å². The Labute approximate surface area is 139 Å². The molecule has 0 saturated heterocycles. The average Bonchev–Trinajstić information content (AvgIpc) is 2.50. The number of hydrogen-bond acceptors (Lipinski definition) is 3. The van der Waals surface area contributed by atoms with Crippen LogP contribution in [0.5, 0.6) is 0 Å². The van der Waals surface area contributed by atoms with E-state index in [1.807, 2.05) is 0 Å². The third-order valence-corrected chi connectivity index (χ3v) is 3.24. The zero-order valence-electron chi connectivity index (χ0n) is 11.9. The molecule has 5 nitrogen and oxygen atoms in total. The lowest BCUT2D eigenvalue weighted by molar-refractivity contribution is -0.137. The Balaban J connectivity index is 2.06. The van der Waals surface area contributed by atoms with Crippen LogP contribution in [0.4, 0.5) is 30.2 Å². The van der Waals surface area contributed by atoms with Gasteiger partial charge in [-0.3, -0.25) is 9.59 Å². The van der Waals surface area contributed by atoms with E-state index in [2.05, 4.69) is 10.6 Å². The first-order valence-corrected chi connectivity index (χ1v) is 6.89. The minimum atomic E-state index is -4.55. The van der Waals surface area contributed by atoms with E-state index in [9.17, 15) is 22.8 Å². The van der Waals surface area contributed by atoms with Crippen LogP contribution in [0.3, 0.4) is 0 Å². The molecule has 0 aliphatic heterocycles. The van der Waals surface area contributed by atoms with Crippen molar-refractivity contribution in [1.82, 2.24) is 0 Å². The van der Waals surface area contributed by atoms with Crippen LogP contribution in [0.15, 0.2) is 42.5 Å². The molecule has 0 fully saturated rings. The SMILES string of the molecule is Nc1ccc(NC(=O)C(=O)Nc2cccc(C(F)(F)F)c2)cc1Cl. The molecule has 126 valence electrons. The molecule has 0 unspecified atom stereocenters. The van der Waals surface area contributed by atoms with Gasteiger partial charge in [0, 0.05) is 11.4 Å². The van der Waals surface area contributed by atoms with Gasteiger partial charge in [0.15, 0.2) is 0 Å². The van der Waals surface area contributed by atoms with E-state index in [0.717, 1.165) is 18.2 Å². The molecule has 0 bridgehead atoms. The summed E-state index contributed by atoms with van der Waals surface area (Å²) in [4.78, 5) is 23.5. The molecule has 0 radical (unpaired) electrons. The monoisotopic (exact) mass is 357 g/mol. The number of anilines is 3. The van der Waals surface area contributed by atoms with Crippen molar-refractivity contribution in [3.05, 3.63) is 53.1 Å². The highest BCUT2D eigenvalue weighted by Crippen LogP contribution is 2.30. The van der Waals surface area contributed by atoms with E-state index in [1.54, 1.807) is 0 Å². The standard InChI is InChI=1S/C15H11ClF3N3O2/c16-11-7-10(4-5-12(11)20)22-14(24)13(23)21-9-3-1-2-8(6-9)15(17,18)19/h1-7H,20H2,(H,21,23)(H,22,24). The fourth-order valence-corrected chi connectivity index (χ4v) is 1.93. The molecule has 0 aliphatic carbocycles. The van der Waals surface area contributed by atoms with Crippen molar-refractivity contribution in [2.75, 3.05) is 16.4 Å².